The Hall–Kier alpha value is -3.03. The van der Waals surface area contributed by atoms with E-state index in [4.69, 9.17) is 38.4 Å². The molecule has 0 aliphatic heterocycles. The highest BCUT2D eigenvalue weighted by Crippen LogP contribution is 2.46. The summed E-state index contributed by atoms with van der Waals surface area (Å²) in [4.78, 5) is 26.3. The first-order valence-corrected chi connectivity index (χ1v) is 8.59. The molecule has 0 fully saturated rings. The molecular formula is C19H13Cl2FN2O4. The van der Waals surface area contributed by atoms with Crippen LogP contribution in [0.3, 0.4) is 0 Å². The molecule has 0 saturated heterocycles. The van der Waals surface area contributed by atoms with Crippen LogP contribution >= 0.6 is 23.2 Å². The zero-order valence-electron chi connectivity index (χ0n) is 14.4. The first-order chi connectivity index (χ1) is 13.3. The number of H-pyrrole nitrogens is 1. The maximum absolute atomic E-state index is 13.5. The number of methoxy groups -OCH3 is 1. The Labute approximate surface area is 168 Å². The number of nitrogens with one attached hydrogen (secondary N) is 1. The Balaban J connectivity index is 2.31. The van der Waals surface area contributed by atoms with Crippen molar-refractivity contribution in [3.05, 3.63) is 74.4 Å². The lowest BCUT2D eigenvalue weighted by Gasteiger charge is -2.18. The Morgan fingerprint density at radius 2 is 1.89 bits per heavy atom. The van der Waals surface area contributed by atoms with E-state index in [0.717, 1.165) is 12.1 Å². The summed E-state index contributed by atoms with van der Waals surface area (Å²) in [7, 11) is 1.34. The summed E-state index contributed by atoms with van der Waals surface area (Å²) < 4.78 is 24.5. The minimum atomic E-state index is -0.833. The molecule has 0 unspecified atom stereocenters. The number of hydrogen-bond donors (Lipinski definition) is 2. The molecule has 144 valence electrons. The summed E-state index contributed by atoms with van der Waals surface area (Å²) in [6.07, 6.45) is 1.40. The number of carbonyl (C=O) groups is 1. The van der Waals surface area contributed by atoms with Crippen molar-refractivity contribution in [2.75, 3.05) is 7.11 Å². The van der Waals surface area contributed by atoms with Crippen LogP contribution in [-0.4, -0.2) is 18.0 Å². The smallest absolute Gasteiger partial charge is 0.252 e. The number of pyridine rings is 1. The molecule has 3 aromatic rings. The first-order valence-electron chi connectivity index (χ1n) is 7.84. The average Bonchev–Trinajstić information content (AvgIpc) is 2.65. The van der Waals surface area contributed by atoms with Gasteiger partial charge in [-0.3, -0.25) is 9.59 Å². The molecule has 1 aromatic heterocycles. The van der Waals surface area contributed by atoms with Crippen LogP contribution in [0.1, 0.15) is 10.4 Å². The average molecular weight is 423 g/mol. The standard InChI is InChI=1S/C19H13Cl2FN2O4/c1-27-14-7-10(22)2-3-13(14)28-18-11(19(23)26)8-12(20)17(21)16(18)9-4-5-24-15(25)6-9/h2-8H,1H3,(H2,23,26)(H,24,25). The molecule has 0 bridgehead atoms. The van der Waals surface area contributed by atoms with E-state index in [1.54, 1.807) is 6.07 Å². The molecule has 2 aromatic carbocycles. The van der Waals surface area contributed by atoms with E-state index >= 15 is 0 Å². The van der Waals surface area contributed by atoms with Crippen LogP contribution in [0.5, 0.6) is 17.2 Å². The number of amides is 1. The number of carbonyl (C=O) groups excluding carboxylic acids is 1. The van der Waals surface area contributed by atoms with Crippen molar-refractivity contribution < 1.29 is 18.7 Å². The molecule has 1 amide bonds. The van der Waals surface area contributed by atoms with E-state index in [0.29, 0.717) is 5.56 Å². The molecule has 0 radical (unpaired) electrons. The topological polar surface area (TPSA) is 94.4 Å². The van der Waals surface area contributed by atoms with Gasteiger partial charge in [0.05, 0.1) is 22.7 Å². The van der Waals surface area contributed by atoms with Crippen molar-refractivity contribution in [3.8, 4) is 28.4 Å². The van der Waals surface area contributed by atoms with E-state index in [9.17, 15) is 14.0 Å². The summed E-state index contributed by atoms with van der Waals surface area (Å²) in [5.74, 6) is -1.23. The van der Waals surface area contributed by atoms with Crippen LogP contribution in [0.2, 0.25) is 10.0 Å². The van der Waals surface area contributed by atoms with Gasteiger partial charge in [-0.1, -0.05) is 23.2 Å². The fourth-order valence-corrected chi connectivity index (χ4v) is 3.05. The van der Waals surface area contributed by atoms with Crippen LogP contribution in [0, 0.1) is 5.82 Å². The van der Waals surface area contributed by atoms with Gasteiger partial charge < -0.3 is 20.2 Å². The second kappa shape index (κ2) is 7.92. The predicted molar refractivity (Wildman–Crippen MR) is 104 cm³/mol. The van der Waals surface area contributed by atoms with Crippen molar-refractivity contribution in [2.24, 2.45) is 5.73 Å². The highest BCUT2D eigenvalue weighted by molar-refractivity contribution is 6.44. The van der Waals surface area contributed by atoms with Gasteiger partial charge in [-0.2, -0.15) is 0 Å². The lowest BCUT2D eigenvalue weighted by molar-refractivity contribution is 0.0998. The van der Waals surface area contributed by atoms with E-state index in [2.05, 4.69) is 4.98 Å². The minimum absolute atomic E-state index is 0.0441. The third-order valence-corrected chi connectivity index (χ3v) is 4.63. The number of aromatic nitrogens is 1. The van der Waals surface area contributed by atoms with Crippen molar-refractivity contribution in [3.63, 3.8) is 0 Å². The monoisotopic (exact) mass is 422 g/mol. The highest BCUT2D eigenvalue weighted by Gasteiger charge is 2.24. The molecular weight excluding hydrogens is 410 g/mol. The van der Waals surface area contributed by atoms with Crippen molar-refractivity contribution in [1.82, 2.24) is 4.98 Å². The van der Waals surface area contributed by atoms with Gasteiger partial charge >= 0.3 is 0 Å². The molecule has 0 aliphatic rings. The lowest BCUT2D eigenvalue weighted by atomic mass is 10.0. The van der Waals surface area contributed by atoms with Crippen molar-refractivity contribution in [1.29, 1.82) is 0 Å². The van der Waals surface area contributed by atoms with Gasteiger partial charge in [0.2, 0.25) is 5.56 Å². The highest BCUT2D eigenvalue weighted by atomic mass is 35.5. The number of rotatable bonds is 5. The van der Waals surface area contributed by atoms with Gasteiger partial charge in [-0.05, 0) is 29.8 Å². The molecule has 0 saturated carbocycles. The number of benzene rings is 2. The zero-order chi connectivity index (χ0) is 20.4. The number of halogens is 3. The maximum Gasteiger partial charge on any atom is 0.252 e. The molecule has 3 N–H and O–H groups in total. The maximum atomic E-state index is 13.5. The van der Waals surface area contributed by atoms with Gasteiger partial charge in [0.15, 0.2) is 11.5 Å². The number of nitrogens with two attached hydrogens (primary N) is 1. The fraction of sp³-hybridized carbons (Fsp3) is 0.0526. The first kappa shape index (κ1) is 19.7. The summed E-state index contributed by atoms with van der Waals surface area (Å²) >= 11 is 12.5. The van der Waals surface area contributed by atoms with Gasteiger partial charge in [0, 0.05) is 23.9 Å². The normalized spacial score (nSPS) is 10.6. The molecule has 3 rings (SSSR count). The summed E-state index contributed by atoms with van der Waals surface area (Å²) in [6, 6.07) is 7.67. The molecule has 0 atom stereocenters. The summed E-state index contributed by atoms with van der Waals surface area (Å²) in [6.45, 7) is 0. The SMILES string of the molecule is COc1cc(F)ccc1Oc1c(C(N)=O)cc(Cl)c(Cl)c1-c1cc[nH]c(=O)c1. The Kier molecular flexibility index (Phi) is 5.58. The van der Waals surface area contributed by atoms with Crippen LogP contribution in [0.15, 0.2) is 47.4 Å². The quantitative estimate of drug-likeness (QED) is 0.637. The Morgan fingerprint density at radius 1 is 1.14 bits per heavy atom. The van der Waals surface area contributed by atoms with Crippen molar-refractivity contribution >= 4 is 29.1 Å². The number of aromatic amines is 1. The van der Waals surface area contributed by atoms with Gasteiger partial charge in [-0.15, -0.1) is 0 Å². The largest absolute Gasteiger partial charge is 0.493 e. The van der Waals surface area contributed by atoms with E-state index in [1.165, 1.54) is 31.5 Å². The lowest BCUT2D eigenvalue weighted by Crippen LogP contribution is -2.13. The minimum Gasteiger partial charge on any atom is -0.493 e. The van der Waals surface area contributed by atoms with Gasteiger partial charge in [-0.25, -0.2) is 4.39 Å². The third kappa shape index (κ3) is 3.81. The summed E-state index contributed by atoms with van der Waals surface area (Å²) in [5, 5.41) is 0.0949. The Bertz CT molecular complexity index is 1130. The van der Waals surface area contributed by atoms with Gasteiger partial charge in [0.25, 0.3) is 5.91 Å². The predicted octanol–water partition coefficient (Wildman–Crippen LogP) is 4.39. The van der Waals surface area contributed by atoms with E-state index in [-0.39, 0.29) is 38.4 Å². The second-order valence-electron chi connectivity index (χ2n) is 5.63. The third-order valence-electron chi connectivity index (χ3n) is 3.84. The van der Waals surface area contributed by atoms with Crippen LogP contribution in [-0.2, 0) is 0 Å². The van der Waals surface area contributed by atoms with Crippen LogP contribution in [0.4, 0.5) is 4.39 Å². The van der Waals surface area contributed by atoms with E-state index < -0.39 is 17.3 Å². The molecule has 28 heavy (non-hydrogen) atoms. The second-order valence-corrected chi connectivity index (χ2v) is 6.41. The summed E-state index contributed by atoms with van der Waals surface area (Å²) in [5.41, 5.74) is 5.53. The van der Waals surface area contributed by atoms with Crippen LogP contribution in [0.25, 0.3) is 11.1 Å². The van der Waals surface area contributed by atoms with Gasteiger partial charge in [0.1, 0.15) is 11.6 Å². The molecule has 9 heteroatoms. The van der Waals surface area contributed by atoms with Crippen LogP contribution < -0.4 is 20.8 Å². The molecule has 0 spiro atoms. The molecule has 6 nitrogen and oxygen atoms in total. The number of hydrogen-bond acceptors (Lipinski definition) is 4. The Morgan fingerprint density at radius 3 is 2.54 bits per heavy atom. The fourth-order valence-electron chi connectivity index (χ4n) is 2.59. The number of ether oxygens (including phenoxy) is 2. The van der Waals surface area contributed by atoms with Crippen molar-refractivity contribution in [2.45, 2.75) is 0 Å². The van der Waals surface area contributed by atoms with E-state index in [1.807, 2.05) is 0 Å². The number of primary amides is 1. The zero-order valence-corrected chi connectivity index (χ0v) is 15.9. The molecule has 1 heterocycles. The molecule has 0 aliphatic carbocycles.